The Kier molecular flexibility index (Phi) is 3.39. The third kappa shape index (κ3) is 3.27. The van der Waals surface area contributed by atoms with E-state index in [2.05, 4.69) is 27.3 Å². The van der Waals surface area contributed by atoms with Gasteiger partial charge in [-0.15, -0.1) is 0 Å². The zero-order valence-electron chi connectivity index (χ0n) is 12.2. The number of rotatable bonds is 7. The van der Waals surface area contributed by atoms with Crippen molar-refractivity contribution in [3.8, 4) is 0 Å². The number of hydrogen-bond acceptors (Lipinski definition) is 4. The molecule has 2 fully saturated rings. The Morgan fingerprint density at radius 2 is 2.10 bits per heavy atom. The van der Waals surface area contributed by atoms with Gasteiger partial charge < -0.3 is 14.6 Å². The molecular weight excluding hydrogens is 262 g/mol. The van der Waals surface area contributed by atoms with Crippen LogP contribution in [0, 0.1) is 0 Å². The van der Waals surface area contributed by atoms with Gasteiger partial charge in [0, 0.05) is 24.8 Å². The van der Waals surface area contributed by atoms with E-state index in [1.807, 2.05) is 18.3 Å². The molecule has 110 valence electrons. The van der Waals surface area contributed by atoms with E-state index in [9.17, 15) is 0 Å². The summed E-state index contributed by atoms with van der Waals surface area (Å²) in [7, 11) is 0. The highest BCUT2D eigenvalue weighted by Gasteiger charge is 2.30. The van der Waals surface area contributed by atoms with Gasteiger partial charge in [-0.1, -0.05) is 6.07 Å². The summed E-state index contributed by atoms with van der Waals surface area (Å²) in [5.41, 5.74) is 1.26. The molecule has 4 rings (SSSR count). The molecular formula is C17H21N3O. The smallest absolute Gasteiger partial charge is 0.129 e. The summed E-state index contributed by atoms with van der Waals surface area (Å²) < 4.78 is 5.48. The standard InChI is InChI=1S/C17H21N3O/c1-2-16(21-9-1)12-20(15-6-7-15)17-8-3-13(11-19-17)10-18-14-4-5-14/h1-3,8-9,11,14-15,18H,4-7,10,12H2. The fourth-order valence-electron chi connectivity index (χ4n) is 2.59. The predicted octanol–water partition coefficient (Wildman–Crippen LogP) is 3.10. The summed E-state index contributed by atoms with van der Waals surface area (Å²) in [6.07, 6.45) is 8.90. The van der Waals surface area contributed by atoms with Gasteiger partial charge in [-0.05, 0) is 49.4 Å². The molecule has 2 aliphatic rings. The number of anilines is 1. The quantitative estimate of drug-likeness (QED) is 0.848. The van der Waals surface area contributed by atoms with E-state index in [1.54, 1.807) is 6.26 Å². The second kappa shape index (κ2) is 5.53. The Bertz CT molecular complexity index is 571. The van der Waals surface area contributed by atoms with Gasteiger partial charge in [0.05, 0.1) is 12.8 Å². The van der Waals surface area contributed by atoms with Gasteiger partial charge in [0.1, 0.15) is 11.6 Å². The number of pyridine rings is 1. The maximum atomic E-state index is 5.48. The van der Waals surface area contributed by atoms with E-state index in [4.69, 9.17) is 4.42 Å². The number of hydrogen-bond donors (Lipinski definition) is 1. The molecule has 0 saturated heterocycles. The van der Waals surface area contributed by atoms with Crippen molar-refractivity contribution in [2.24, 2.45) is 0 Å². The molecule has 4 nitrogen and oxygen atoms in total. The van der Waals surface area contributed by atoms with Crippen LogP contribution in [0.4, 0.5) is 5.82 Å². The lowest BCUT2D eigenvalue weighted by molar-refractivity contribution is 0.500. The summed E-state index contributed by atoms with van der Waals surface area (Å²) in [4.78, 5) is 7.02. The minimum Gasteiger partial charge on any atom is -0.467 e. The van der Waals surface area contributed by atoms with Crippen molar-refractivity contribution >= 4 is 5.82 Å². The third-order valence-corrected chi connectivity index (χ3v) is 4.17. The monoisotopic (exact) mass is 283 g/mol. The first-order valence-electron chi connectivity index (χ1n) is 7.86. The van der Waals surface area contributed by atoms with Gasteiger partial charge >= 0.3 is 0 Å². The van der Waals surface area contributed by atoms with Crippen molar-refractivity contribution in [3.63, 3.8) is 0 Å². The molecule has 0 amide bonds. The maximum absolute atomic E-state index is 5.48. The number of nitrogens with zero attached hydrogens (tertiary/aromatic N) is 2. The summed E-state index contributed by atoms with van der Waals surface area (Å²) in [5.74, 6) is 2.06. The zero-order chi connectivity index (χ0) is 14.1. The SMILES string of the molecule is c1coc(CN(c2ccc(CNC3CC3)cn2)C2CC2)c1. The molecule has 0 aromatic carbocycles. The molecule has 0 aliphatic heterocycles. The Morgan fingerprint density at radius 3 is 2.71 bits per heavy atom. The van der Waals surface area contributed by atoms with E-state index >= 15 is 0 Å². The fraction of sp³-hybridized carbons (Fsp3) is 0.471. The van der Waals surface area contributed by atoms with Crippen molar-refractivity contribution < 1.29 is 4.42 Å². The van der Waals surface area contributed by atoms with Crippen LogP contribution < -0.4 is 10.2 Å². The summed E-state index contributed by atoms with van der Waals surface area (Å²) in [6, 6.07) is 9.68. The molecule has 0 radical (unpaired) electrons. The van der Waals surface area contributed by atoms with Gasteiger partial charge in [0.25, 0.3) is 0 Å². The van der Waals surface area contributed by atoms with Crippen LogP contribution in [0.3, 0.4) is 0 Å². The molecule has 2 aliphatic carbocycles. The molecule has 0 unspecified atom stereocenters. The van der Waals surface area contributed by atoms with Gasteiger partial charge in [0.15, 0.2) is 0 Å². The van der Waals surface area contributed by atoms with Crippen molar-refractivity contribution in [3.05, 3.63) is 48.0 Å². The lowest BCUT2D eigenvalue weighted by Gasteiger charge is -2.22. The summed E-state index contributed by atoms with van der Waals surface area (Å²) in [6.45, 7) is 1.74. The van der Waals surface area contributed by atoms with Crippen LogP contribution in [0.5, 0.6) is 0 Å². The van der Waals surface area contributed by atoms with Gasteiger partial charge in [-0.2, -0.15) is 0 Å². The second-order valence-electron chi connectivity index (χ2n) is 6.12. The topological polar surface area (TPSA) is 41.3 Å². The van der Waals surface area contributed by atoms with Gasteiger partial charge in [-0.3, -0.25) is 0 Å². The van der Waals surface area contributed by atoms with Crippen LogP contribution in [0.15, 0.2) is 41.1 Å². The minimum atomic E-state index is 0.623. The highest BCUT2D eigenvalue weighted by Crippen LogP contribution is 2.32. The Hall–Kier alpha value is -1.81. The van der Waals surface area contributed by atoms with E-state index in [0.717, 1.165) is 30.7 Å². The number of aromatic nitrogens is 1. The molecule has 0 bridgehead atoms. The number of furan rings is 1. The van der Waals surface area contributed by atoms with Crippen molar-refractivity contribution in [2.45, 2.75) is 50.9 Å². The van der Waals surface area contributed by atoms with Crippen LogP contribution >= 0.6 is 0 Å². The summed E-state index contributed by atoms with van der Waals surface area (Å²) in [5, 5.41) is 3.52. The fourth-order valence-corrected chi connectivity index (χ4v) is 2.59. The average Bonchev–Trinajstić information content (AvgIpc) is 3.44. The molecule has 2 saturated carbocycles. The molecule has 2 heterocycles. The number of nitrogens with one attached hydrogen (secondary N) is 1. The van der Waals surface area contributed by atoms with E-state index in [0.29, 0.717) is 6.04 Å². The van der Waals surface area contributed by atoms with E-state index < -0.39 is 0 Å². The summed E-state index contributed by atoms with van der Waals surface area (Å²) >= 11 is 0. The first kappa shape index (κ1) is 12.9. The van der Waals surface area contributed by atoms with Crippen LogP contribution in [0.25, 0.3) is 0 Å². The first-order chi connectivity index (χ1) is 10.4. The molecule has 21 heavy (non-hydrogen) atoms. The van der Waals surface area contributed by atoms with Gasteiger partial charge in [-0.25, -0.2) is 4.98 Å². The lowest BCUT2D eigenvalue weighted by atomic mass is 10.2. The van der Waals surface area contributed by atoms with Crippen LogP contribution in [0.1, 0.15) is 37.0 Å². The molecule has 4 heteroatoms. The molecule has 0 spiro atoms. The van der Waals surface area contributed by atoms with Crippen molar-refractivity contribution in [1.29, 1.82) is 0 Å². The molecule has 2 aromatic rings. The Morgan fingerprint density at radius 1 is 1.19 bits per heavy atom. The highest BCUT2D eigenvalue weighted by molar-refractivity contribution is 5.42. The van der Waals surface area contributed by atoms with Crippen LogP contribution in [-0.4, -0.2) is 17.1 Å². The predicted molar refractivity (Wildman–Crippen MR) is 82.0 cm³/mol. The molecule has 0 atom stereocenters. The minimum absolute atomic E-state index is 0.623. The molecule has 1 N–H and O–H groups in total. The first-order valence-corrected chi connectivity index (χ1v) is 7.86. The van der Waals surface area contributed by atoms with Crippen LogP contribution in [-0.2, 0) is 13.1 Å². The maximum Gasteiger partial charge on any atom is 0.129 e. The average molecular weight is 283 g/mol. The highest BCUT2D eigenvalue weighted by atomic mass is 16.3. The Labute approximate surface area is 125 Å². The largest absolute Gasteiger partial charge is 0.467 e. The van der Waals surface area contributed by atoms with Crippen molar-refractivity contribution in [2.75, 3.05) is 4.90 Å². The second-order valence-corrected chi connectivity index (χ2v) is 6.12. The van der Waals surface area contributed by atoms with Crippen LogP contribution in [0.2, 0.25) is 0 Å². The Balaban J connectivity index is 1.44. The zero-order valence-corrected chi connectivity index (χ0v) is 12.2. The van der Waals surface area contributed by atoms with Gasteiger partial charge in [0.2, 0.25) is 0 Å². The molecule has 2 aromatic heterocycles. The van der Waals surface area contributed by atoms with Crippen molar-refractivity contribution in [1.82, 2.24) is 10.3 Å². The van der Waals surface area contributed by atoms with E-state index in [-0.39, 0.29) is 0 Å². The normalized spacial score (nSPS) is 17.9. The lowest BCUT2D eigenvalue weighted by Crippen LogP contribution is -2.25. The third-order valence-electron chi connectivity index (χ3n) is 4.17. The van der Waals surface area contributed by atoms with E-state index in [1.165, 1.54) is 31.2 Å².